The smallest absolute Gasteiger partial charge is 0.305 e. The predicted molar refractivity (Wildman–Crippen MR) is 412 cm³/mol. The number of carbonyl (C=O) groups is 2. The van der Waals surface area contributed by atoms with Crippen LogP contribution in [-0.2, 0) is 14.3 Å². The topological polar surface area (TPSA) is 95.9 Å². The number of nitrogens with one attached hydrogen (secondary N) is 1. The molecule has 0 aliphatic heterocycles. The van der Waals surface area contributed by atoms with Gasteiger partial charge < -0.3 is 20.3 Å². The number of amides is 1. The average Bonchev–Trinajstić information content (AvgIpc) is 3.70. The van der Waals surface area contributed by atoms with Crippen molar-refractivity contribution < 1.29 is 24.5 Å². The van der Waals surface area contributed by atoms with Gasteiger partial charge in [-0.2, -0.15) is 0 Å². The van der Waals surface area contributed by atoms with E-state index in [2.05, 4.69) is 31.3 Å². The molecule has 0 rings (SSSR count). The zero-order chi connectivity index (χ0) is 67.0. The first-order chi connectivity index (χ1) is 46.0. The summed E-state index contributed by atoms with van der Waals surface area (Å²) in [6, 6.07) is -0.627. The van der Waals surface area contributed by atoms with Gasteiger partial charge in [-0.05, 0) is 57.8 Å². The van der Waals surface area contributed by atoms with Crippen LogP contribution in [0.5, 0.6) is 0 Å². The largest absolute Gasteiger partial charge is 0.466 e. The summed E-state index contributed by atoms with van der Waals surface area (Å²) in [6.45, 7) is 4.97. The quantitative estimate of drug-likeness (QED) is 0.0320. The van der Waals surface area contributed by atoms with E-state index >= 15 is 0 Å². The summed E-state index contributed by atoms with van der Waals surface area (Å²) in [5.41, 5.74) is 0. The third-order valence-electron chi connectivity index (χ3n) is 20.5. The van der Waals surface area contributed by atoms with E-state index in [1.54, 1.807) is 6.08 Å². The van der Waals surface area contributed by atoms with Crippen molar-refractivity contribution in [2.45, 2.75) is 508 Å². The molecule has 0 aromatic rings. The van der Waals surface area contributed by atoms with E-state index in [-0.39, 0.29) is 18.5 Å². The molecular weight excluding hydrogens is 1140 g/mol. The lowest BCUT2D eigenvalue weighted by atomic mass is 10.0. The van der Waals surface area contributed by atoms with Gasteiger partial charge >= 0.3 is 5.97 Å². The minimum atomic E-state index is -0.844. The van der Waals surface area contributed by atoms with Crippen molar-refractivity contribution >= 4 is 11.9 Å². The van der Waals surface area contributed by atoms with Crippen molar-refractivity contribution in [3.05, 3.63) is 24.3 Å². The summed E-state index contributed by atoms with van der Waals surface area (Å²) in [6.07, 6.45) is 108. The van der Waals surface area contributed by atoms with Crippen LogP contribution in [0.4, 0.5) is 0 Å². The third kappa shape index (κ3) is 79.2. The minimum absolute atomic E-state index is 0.0247. The van der Waals surface area contributed by atoms with Crippen LogP contribution in [0.1, 0.15) is 495 Å². The van der Waals surface area contributed by atoms with E-state index in [0.717, 1.165) is 38.5 Å². The van der Waals surface area contributed by atoms with E-state index < -0.39 is 12.1 Å². The summed E-state index contributed by atoms with van der Waals surface area (Å²) >= 11 is 0. The van der Waals surface area contributed by atoms with Crippen molar-refractivity contribution in [3.63, 3.8) is 0 Å². The zero-order valence-electron chi connectivity index (χ0n) is 63.5. The average molecular weight is 1310 g/mol. The van der Waals surface area contributed by atoms with Gasteiger partial charge in [0.15, 0.2) is 0 Å². The SMILES string of the molecule is CCCCCCCCCCCCCCCCCCCCCCCCC/C=C/C(O)C(CO)NC(=O)CCCCCCCCCCCCCCCCCCC/C=C\CCCCCCCCCCCCCCCCOC(=O)CCCCCCCCCCCCCCCCCC. The second-order valence-electron chi connectivity index (χ2n) is 29.9. The van der Waals surface area contributed by atoms with E-state index in [4.69, 9.17) is 4.74 Å². The van der Waals surface area contributed by atoms with Gasteiger partial charge in [0.1, 0.15) is 0 Å². The first-order valence-corrected chi connectivity index (χ1v) is 43.1. The molecule has 0 saturated carbocycles. The molecule has 0 spiro atoms. The molecule has 0 radical (unpaired) electrons. The highest BCUT2D eigenvalue weighted by molar-refractivity contribution is 5.76. The molecule has 0 aliphatic carbocycles. The fourth-order valence-electron chi connectivity index (χ4n) is 13.9. The number of aliphatic hydroxyl groups excluding tert-OH is 2. The van der Waals surface area contributed by atoms with Gasteiger partial charge in [-0.15, -0.1) is 0 Å². The Morgan fingerprint density at radius 3 is 0.763 bits per heavy atom. The number of hydrogen-bond donors (Lipinski definition) is 3. The van der Waals surface area contributed by atoms with Crippen molar-refractivity contribution in [3.8, 4) is 0 Å². The molecule has 93 heavy (non-hydrogen) atoms. The highest BCUT2D eigenvalue weighted by Gasteiger charge is 2.18. The van der Waals surface area contributed by atoms with Crippen LogP contribution in [0.25, 0.3) is 0 Å². The molecule has 0 saturated heterocycles. The van der Waals surface area contributed by atoms with Gasteiger partial charge in [0.2, 0.25) is 5.91 Å². The molecule has 3 N–H and O–H groups in total. The van der Waals surface area contributed by atoms with Crippen LogP contribution < -0.4 is 5.32 Å². The fraction of sp³-hybridized carbons (Fsp3) is 0.931. The van der Waals surface area contributed by atoms with Gasteiger partial charge in [-0.1, -0.05) is 449 Å². The van der Waals surface area contributed by atoms with Crippen LogP contribution >= 0.6 is 0 Å². The number of rotatable bonds is 82. The minimum Gasteiger partial charge on any atom is -0.466 e. The molecule has 2 unspecified atom stereocenters. The van der Waals surface area contributed by atoms with Crippen molar-refractivity contribution in [1.82, 2.24) is 5.32 Å². The second-order valence-corrected chi connectivity index (χ2v) is 29.9. The van der Waals surface area contributed by atoms with Gasteiger partial charge in [-0.25, -0.2) is 0 Å². The molecule has 0 heterocycles. The maximum absolute atomic E-state index is 12.6. The molecule has 0 aromatic heterocycles. The Balaban J connectivity index is 3.36. The summed E-state index contributed by atoms with van der Waals surface area (Å²) in [7, 11) is 0. The number of hydrogen-bond acceptors (Lipinski definition) is 5. The first-order valence-electron chi connectivity index (χ1n) is 43.1. The standard InChI is InChI=1S/C87H169NO5/c1-3-5-7-9-11-13-15-17-19-21-22-23-24-36-39-42-45-48-51-55-59-63-67-71-75-79-85(90)84(83-89)88-86(91)80-76-72-68-64-60-56-52-49-46-43-40-37-34-32-30-28-26-25-27-29-31-33-35-38-41-44-47-50-54-58-62-66-70-74-78-82-93-87(92)81-77-73-69-65-61-57-53-20-18-16-14-12-10-8-6-4-2/h27,29,75,79,84-85,89-90H,3-26,28,30-74,76-78,80-83H2,1-2H3,(H,88,91)/b29-27-,79-75+. The lowest BCUT2D eigenvalue weighted by Gasteiger charge is -2.20. The van der Waals surface area contributed by atoms with Gasteiger partial charge in [0.25, 0.3) is 0 Å². The lowest BCUT2D eigenvalue weighted by Crippen LogP contribution is -2.45. The predicted octanol–water partition coefficient (Wildman–Crippen LogP) is 28.8. The summed E-state index contributed by atoms with van der Waals surface area (Å²) in [4.78, 5) is 24.7. The Bertz CT molecular complexity index is 1460. The van der Waals surface area contributed by atoms with Crippen molar-refractivity contribution in [1.29, 1.82) is 0 Å². The fourth-order valence-corrected chi connectivity index (χ4v) is 13.9. The van der Waals surface area contributed by atoms with Crippen LogP contribution in [0.15, 0.2) is 24.3 Å². The van der Waals surface area contributed by atoms with E-state index in [1.807, 2.05) is 6.08 Å². The number of ether oxygens (including phenoxy) is 1. The molecule has 0 bridgehead atoms. The molecule has 0 aromatic carbocycles. The third-order valence-corrected chi connectivity index (χ3v) is 20.5. The zero-order valence-corrected chi connectivity index (χ0v) is 63.5. The molecule has 6 nitrogen and oxygen atoms in total. The Hall–Kier alpha value is -1.66. The second kappa shape index (κ2) is 82.8. The molecule has 0 aliphatic rings. The molecular formula is C87H169NO5. The normalized spacial score (nSPS) is 12.5. The Kier molecular flexibility index (Phi) is 81.3. The van der Waals surface area contributed by atoms with Crippen LogP contribution in [0.3, 0.4) is 0 Å². The number of carbonyl (C=O) groups excluding carboxylic acids is 2. The van der Waals surface area contributed by atoms with Crippen LogP contribution in [0.2, 0.25) is 0 Å². The molecule has 2 atom stereocenters. The number of aliphatic hydroxyl groups is 2. The van der Waals surface area contributed by atoms with Crippen molar-refractivity contribution in [2.75, 3.05) is 13.2 Å². The van der Waals surface area contributed by atoms with Crippen molar-refractivity contribution in [2.24, 2.45) is 0 Å². The molecule has 6 heteroatoms. The van der Waals surface area contributed by atoms with E-state index in [0.29, 0.717) is 19.4 Å². The number of unbranched alkanes of at least 4 members (excludes halogenated alkanes) is 69. The van der Waals surface area contributed by atoms with Gasteiger partial charge in [-0.3, -0.25) is 9.59 Å². The molecule has 1 amide bonds. The summed E-state index contributed by atoms with van der Waals surface area (Å²) in [5, 5.41) is 23.3. The maximum Gasteiger partial charge on any atom is 0.305 e. The van der Waals surface area contributed by atoms with Gasteiger partial charge in [0, 0.05) is 12.8 Å². The summed E-state index contributed by atoms with van der Waals surface area (Å²) < 4.78 is 5.51. The monoisotopic (exact) mass is 1310 g/mol. The molecule has 0 fully saturated rings. The highest BCUT2D eigenvalue weighted by atomic mass is 16.5. The first kappa shape index (κ1) is 91.3. The number of esters is 1. The van der Waals surface area contributed by atoms with Crippen LogP contribution in [0, 0.1) is 0 Å². The summed E-state index contributed by atoms with van der Waals surface area (Å²) in [5.74, 6) is -0.0338. The van der Waals surface area contributed by atoms with Gasteiger partial charge in [0.05, 0.1) is 25.4 Å². The van der Waals surface area contributed by atoms with E-state index in [1.165, 1.54) is 430 Å². The maximum atomic E-state index is 12.6. The van der Waals surface area contributed by atoms with Crippen LogP contribution in [-0.4, -0.2) is 47.4 Å². The number of allylic oxidation sites excluding steroid dienone is 3. The Morgan fingerprint density at radius 2 is 0.505 bits per heavy atom. The van der Waals surface area contributed by atoms with E-state index in [9.17, 15) is 19.8 Å². The Morgan fingerprint density at radius 1 is 0.290 bits per heavy atom. The lowest BCUT2D eigenvalue weighted by molar-refractivity contribution is -0.143. The molecule has 552 valence electrons. The highest BCUT2D eigenvalue weighted by Crippen LogP contribution is 2.21. The Labute approximate surface area is 583 Å².